The minimum Gasteiger partial charge on any atom is -0.409 e. The third-order valence-electron chi connectivity index (χ3n) is 3.60. The van der Waals surface area contributed by atoms with Gasteiger partial charge in [-0.25, -0.2) is 4.98 Å². The Labute approximate surface area is 115 Å². The lowest BCUT2D eigenvalue weighted by Crippen LogP contribution is -2.50. The molecule has 8 nitrogen and oxygen atoms in total. The van der Waals surface area contributed by atoms with Crippen LogP contribution in [0.4, 0.5) is 5.82 Å². The van der Waals surface area contributed by atoms with Crippen LogP contribution in [-0.4, -0.2) is 46.4 Å². The molecule has 1 aliphatic heterocycles. The highest BCUT2D eigenvalue weighted by Gasteiger charge is 2.29. The predicted molar refractivity (Wildman–Crippen MR) is 72.1 cm³/mol. The standard InChI is InChI=1S/C12H17N5O3/c13-10(15-19)9-7-16(5-6-20-9)11-12(18)17(4-3-14-11)8-1-2-8/h3-4,8-9,19H,1-2,5-7H2,(H2,13,15). The molecule has 1 aliphatic carbocycles. The fraction of sp³-hybridized carbons (Fsp3) is 0.583. The van der Waals surface area contributed by atoms with Gasteiger partial charge in [-0.15, -0.1) is 0 Å². The molecule has 0 bridgehead atoms. The van der Waals surface area contributed by atoms with E-state index in [9.17, 15) is 4.79 Å². The van der Waals surface area contributed by atoms with E-state index in [1.807, 2.05) is 4.90 Å². The minimum absolute atomic E-state index is 0.00755. The zero-order chi connectivity index (χ0) is 14.1. The molecule has 8 heteroatoms. The van der Waals surface area contributed by atoms with Gasteiger partial charge in [-0.2, -0.15) is 0 Å². The van der Waals surface area contributed by atoms with Crippen molar-refractivity contribution in [3.63, 3.8) is 0 Å². The van der Waals surface area contributed by atoms with Crippen LogP contribution in [0, 0.1) is 0 Å². The summed E-state index contributed by atoms with van der Waals surface area (Å²) in [6, 6.07) is 0.310. The van der Waals surface area contributed by atoms with E-state index in [2.05, 4.69) is 10.1 Å². The Bertz CT molecular complexity index is 581. The smallest absolute Gasteiger partial charge is 0.293 e. The number of morpholine rings is 1. The number of hydrogen-bond donors (Lipinski definition) is 2. The lowest BCUT2D eigenvalue weighted by molar-refractivity contribution is 0.0802. The Morgan fingerprint density at radius 3 is 3.05 bits per heavy atom. The van der Waals surface area contributed by atoms with Crippen LogP contribution >= 0.6 is 0 Å². The summed E-state index contributed by atoms with van der Waals surface area (Å²) in [7, 11) is 0. The van der Waals surface area contributed by atoms with Crippen LogP contribution in [0.2, 0.25) is 0 Å². The molecule has 0 amide bonds. The molecule has 1 atom stereocenters. The van der Waals surface area contributed by atoms with E-state index in [0.717, 1.165) is 12.8 Å². The molecular weight excluding hydrogens is 262 g/mol. The van der Waals surface area contributed by atoms with Gasteiger partial charge in [-0.05, 0) is 12.8 Å². The van der Waals surface area contributed by atoms with Crippen molar-refractivity contribution in [3.8, 4) is 0 Å². The maximum absolute atomic E-state index is 12.4. The van der Waals surface area contributed by atoms with Gasteiger partial charge in [-0.3, -0.25) is 4.79 Å². The Balaban J connectivity index is 1.85. The van der Waals surface area contributed by atoms with Crippen molar-refractivity contribution in [2.24, 2.45) is 10.9 Å². The molecule has 1 aromatic heterocycles. The van der Waals surface area contributed by atoms with Crippen molar-refractivity contribution >= 4 is 11.7 Å². The molecule has 3 N–H and O–H groups in total. The highest BCUT2D eigenvalue weighted by atomic mass is 16.5. The zero-order valence-electron chi connectivity index (χ0n) is 11.0. The SMILES string of the molecule is NC(=NO)C1CN(c2nccn(C3CC3)c2=O)CCO1. The van der Waals surface area contributed by atoms with E-state index in [-0.39, 0.29) is 11.4 Å². The van der Waals surface area contributed by atoms with E-state index in [0.29, 0.717) is 31.6 Å². The van der Waals surface area contributed by atoms with Crippen molar-refractivity contribution in [2.45, 2.75) is 25.0 Å². The number of nitrogens with two attached hydrogens (primary N) is 1. The number of oxime groups is 1. The highest BCUT2D eigenvalue weighted by Crippen LogP contribution is 2.33. The van der Waals surface area contributed by atoms with Crippen molar-refractivity contribution in [1.29, 1.82) is 0 Å². The van der Waals surface area contributed by atoms with Gasteiger partial charge in [0.2, 0.25) is 0 Å². The summed E-state index contributed by atoms with van der Waals surface area (Å²) < 4.78 is 7.15. The molecule has 0 radical (unpaired) electrons. The van der Waals surface area contributed by atoms with Crippen LogP contribution in [0.5, 0.6) is 0 Å². The zero-order valence-corrected chi connectivity index (χ0v) is 11.0. The van der Waals surface area contributed by atoms with Crippen LogP contribution in [0.3, 0.4) is 0 Å². The van der Waals surface area contributed by atoms with Gasteiger partial charge < -0.3 is 25.1 Å². The van der Waals surface area contributed by atoms with Crippen molar-refractivity contribution in [2.75, 3.05) is 24.6 Å². The first-order chi connectivity index (χ1) is 9.70. The van der Waals surface area contributed by atoms with Gasteiger partial charge in [0.25, 0.3) is 5.56 Å². The van der Waals surface area contributed by atoms with Crippen LogP contribution in [0.1, 0.15) is 18.9 Å². The normalized spacial score (nSPS) is 23.9. The van der Waals surface area contributed by atoms with Crippen LogP contribution < -0.4 is 16.2 Å². The van der Waals surface area contributed by atoms with E-state index < -0.39 is 6.10 Å². The molecule has 20 heavy (non-hydrogen) atoms. The lowest BCUT2D eigenvalue weighted by atomic mass is 10.2. The number of nitrogens with zero attached hydrogens (tertiary/aromatic N) is 4. The molecule has 2 aliphatic rings. The van der Waals surface area contributed by atoms with Crippen molar-refractivity contribution < 1.29 is 9.94 Å². The van der Waals surface area contributed by atoms with Crippen molar-refractivity contribution in [1.82, 2.24) is 9.55 Å². The molecule has 1 unspecified atom stereocenters. The van der Waals surface area contributed by atoms with Crippen LogP contribution in [0.25, 0.3) is 0 Å². The fourth-order valence-corrected chi connectivity index (χ4v) is 2.36. The number of aromatic nitrogens is 2. The first kappa shape index (κ1) is 12.9. The molecule has 108 valence electrons. The molecule has 2 fully saturated rings. The predicted octanol–water partition coefficient (Wildman–Crippen LogP) is -0.470. The van der Waals surface area contributed by atoms with Gasteiger partial charge in [0.1, 0.15) is 6.10 Å². The maximum Gasteiger partial charge on any atom is 0.293 e. The topological polar surface area (TPSA) is 106 Å². The second kappa shape index (κ2) is 5.12. The van der Waals surface area contributed by atoms with E-state index in [4.69, 9.17) is 15.7 Å². The van der Waals surface area contributed by atoms with E-state index in [1.165, 1.54) is 0 Å². The maximum atomic E-state index is 12.4. The monoisotopic (exact) mass is 279 g/mol. The Morgan fingerprint density at radius 1 is 1.55 bits per heavy atom. The Kier molecular flexibility index (Phi) is 3.31. The van der Waals surface area contributed by atoms with E-state index in [1.54, 1.807) is 17.0 Å². The van der Waals surface area contributed by atoms with Gasteiger partial charge in [0.15, 0.2) is 11.7 Å². The summed E-state index contributed by atoms with van der Waals surface area (Å²) in [5, 5.41) is 11.7. The fourth-order valence-electron chi connectivity index (χ4n) is 2.36. The quantitative estimate of drug-likeness (QED) is 0.335. The Morgan fingerprint density at radius 2 is 2.35 bits per heavy atom. The largest absolute Gasteiger partial charge is 0.409 e. The number of ether oxygens (including phenoxy) is 1. The molecule has 1 saturated carbocycles. The first-order valence-electron chi connectivity index (χ1n) is 6.62. The molecule has 3 rings (SSSR count). The summed E-state index contributed by atoms with van der Waals surface area (Å²) in [4.78, 5) is 18.4. The van der Waals surface area contributed by atoms with Crippen molar-refractivity contribution in [3.05, 3.63) is 22.7 Å². The Hall–Kier alpha value is -2.09. The number of anilines is 1. The lowest BCUT2D eigenvalue weighted by Gasteiger charge is -2.32. The summed E-state index contributed by atoms with van der Waals surface area (Å²) in [5.41, 5.74) is 5.47. The van der Waals surface area contributed by atoms with Gasteiger partial charge in [0.05, 0.1) is 13.2 Å². The third kappa shape index (κ3) is 2.34. The molecular formula is C12H17N5O3. The highest BCUT2D eigenvalue weighted by molar-refractivity contribution is 5.85. The van der Waals surface area contributed by atoms with Gasteiger partial charge in [0, 0.05) is 25.0 Å². The molecule has 0 spiro atoms. The summed E-state index contributed by atoms with van der Waals surface area (Å²) in [6.07, 6.45) is 4.93. The summed E-state index contributed by atoms with van der Waals surface area (Å²) >= 11 is 0. The summed E-state index contributed by atoms with van der Waals surface area (Å²) in [6.45, 7) is 1.32. The molecule has 1 aromatic rings. The molecule has 2 heterocycles. The average Bonchev–Trinajstić information content (AvgIpc) is 3.31. The van der Waals surface area contributed by atoms with Gasteiger partial charge in [-0.1, -0.05) is 5.16 Å². The third-order valence-corrected chi connectivity index (χ3v) is 3.60. The van der Waals surface area contributed by atoms with Crippen LogP contribution in [-0.2, 0) is 4.74 Å². The summed E-state index contributed by atoms with van der Waals surface area (Å²) in [5.74, 6) is 0.409. The van der Waals surface area contributed by atoms with Crippen LogP contribution in [0.15, 0.2) is 22.3 Å². The average molecular weight is 279 g/mol. The van der Waals surface area contributed by atoms with E-state index >= 15 is 0 Å². The number of hydrogen-bond acceptors (Lipinski definition) is 6. The first-order valence-corrected chi connectivity index (χ1v) is 6.62. The second-order valence-corrected chi connectivity index (χ2v) is 5.02. The number of rotatable bonds is 3. The van der Waals surface area contributed by atoms with Gasteiger partial charge >= 0.3 is 0 Å². The number of amidine groups is 1. The minimum atomic E-state index is -0.524. The molecule has 0 aromatic carbocycles. The molecule has 1 saturated heterocycles. The second-order valence-electron chi connectivity index (χ2n) is 5.02.